The van der Waals surface area contributed by atoms with Crippen LogP contribution in [0.25, 0.3) is 0 Å². The Morgan fingerprint density at radius 3 is 2.20 bits per heavy atom. The number of hydrazone groups is 2. The number of ketones is 3. The third kappa shape index (κ3) is 9.92. The summed E-state index contributed by atoms with van der Waals surface area (Å²) in [6, 6.07) is 12.2. The molecule has 2 amide bonds. The minimum Gasteiger partial charge on any atom is -0.545 e. The number of azo groups is 1. The molecule has 0 saturated carbocycles. The van der Waals surface area contributed by atoms with Gasteiger partial charge in [-0.3, -0.25) is 29.4 Å². The number of allylic oxidation sites excluding steroid dienone is 8. The van der Waals surface area contributed by atoms with Crippen molar-refractivity contribution in [2.24, 2.45) is 30.6 Å². The Bertz CT molecular complexity index is 2380. The number of hydrazine groups is 1. The van der Waals surface area contributed by atoms with Crippen molar-refractivity contribution in [2.45, 2.75) is 13.0 Å². The summed E-state index contributed by atoms with van der Waals surface area (Å²) < 4.78 is 0. The van der Waals surface area contributed by atoms with Gasteiger partial charge >= 0.3 is 29.6 Å². The van der Waals surface area contributed by atoms with Crippen LogP contribution in [0.3, 0.4) is 0 Å². The molecule has 6 N–H and O–H groups in total. The summed E-state index contributed by atoms with van der Waals surface area (Å²) in [5.41, 5.74) is 12.4. The van der Waals surface area contributed by atoms with Crippen LogP contribution in [0.4, 0.5) is 17.1 Å². The molecule has 20 heteroatoms. The Kier molecular flexibility index (Phi) is 12.8. The van der Waals surface area contributed by atoms with Crippen LogP contribution in [0.15, 0.2) is 150 Å². The first-order valence-electron chi connectivity index (χ1n) is 16.0. The van der Waals surface area contributed by atoms with Crippen molar-refractivity contribution < 1.29 is 68.5 Å². The standard InChI is InChI=1S/C36H27N11O8.Na/c1-18-33(35(53)47-38-18)46-40-22-8-6-20(7-9-22)37-34(52)19-2-4-21(5-3-19)39-43-27-16-28(32(51)17-31(27)50)45-44-26-15-24(11-13-30(26)49)42-41-23-10-12-29(48)25(14-23)36(54)55;/h2-17,33,40,42,46,51H,1H3,(H,37,52)(H,47,53)(H,54,55);/q;+1/p-1. The van der Waals surface area contributed by atoms with Gasteiger partial charge < -0.3 is 25.8 Å². The molecule has 2 aromatic rings. The number of carboxylic acids is 1. The summed E-state index contributed by atoms with van der Waals surface area (Å²) >= 11 is 0. The maximum Gasteiger partial charge on any atom is 1.00 e. The normalized spacial score (nSPS) is 19.9. The molecule has 274 valence electrons. The van der Waals surface area contributed by atoms with Crippen molar-refractivity contribution in [3.63, 3.8) is 0 Å². The van der Waals surface area contributed by atoms with Gasteiger partial charge in [0.15, 0.2) is 5.78 Å². The number of anilines is 2. The molecule has 2 aromatic carbocycles. The molecular formula is C36H26N11NaO8. The van der Waals surface area contributed by atoms with Gasteiger partial charge in [-0.2, -0.15) is 15.3 Å². The molecule has 6 rings (SSSR count). The largest absolute Gasteiger partial charge is 1.00 e. The quantitative estimate of drug-likeness (QED) is 0.0375. The van der Waals surface area contributed by atoms with Gasteiger partial charge in [0.2, 0.25) is 11.6 Å². The molecule has 1 unspecified atom stereocenters. The first-order chi connectivity index (χ1) is 26.4. The number of nitrogens with zero attached hydrogens (tertiary/aromatic N) is 6. The van der Waals surface area contributed by atoms with E-state index in [4.69, 9.17) is 0 Å². The van der Waals surface area contributed by atoms with Crippen molar-refractivity contribution in [2.75, 3.05) is 10.7 Å². The molecular weight excluding hydrogens is 737 g/mol. The second-order valence-electron chi connectivity index (χ2n) is 11.6. The average molecular weight is 764 g/mol. The number of carbonyl (C=O) groups is 6. The van der Waals surface area contributed by atoms with Crippen molar-refractivity contribution in [3.05, 3.63) is 125 Å². The number of nitrogens with one attached hydrogen (secondary N) is 5. The first kappa shape index (κ1) is 40.1. The predicted octanol–water partition coefficient (Wildman–Crippen LogP) is -1.69. The molecule has 1 atom stereocenters. The number of amides is 2. The second-order valence-corrected chi connectivity index (χ2v) is 11.6. The zero-order valence-corrected chi connectivity index (χ0v) is 31.3. The van der Waals surface area contributed by atoms with Gasteiger partial charge in [0.05, 0.1) is 28.8 Å². The van der Waals surface area contributed by atoms with Gasteiger partial charge in [-0.15, -0.1) is 15.3 Å². The minimum absolute atomic E-state index is 0. The van der Waals surface area contributed by atoms with Gasteiger partial charge in [0.1, 0.15) is 28.9 Å². The van der Waals surface area contributed by atoms with Gasteiger partial charge in [-0.05, 0) is 91.9 Å². The fourth-order valence-corrected chi connectivity index (χ4v) is 4.77. The molecule has 19 nitrogen and oxygen atoms in total. The van der Waals surface area contributed by atoms with E-state index in [0.29, 0.717) is 28.3 Å². The van der Waals surface area contributed by atoms with Crippen LogP contribution in [-0.2, 0) is 24.0 Å². The molecule has 0 fully saturated rings. The van der Waals surface area contributed by atoms with E-state index in [9.17, 15) is 39.0 Å². The second kappa shape index (κ2) is 17.8. The Hall–Kier alpha value is -7.06. The molecule has 0 aromatic heterocycles. The number of hydrogen-bond donors (Lipinski definition) is 6. The molecule has 0 radical (unpaired) electrons. The Balaban J connectivity index is 0.00000600. The molecule has 3 aliphatic carbocycles. The molecule has 56 heavy (non-hydrogen) atoms. The number of rotatable bonds is 11. The van der Waals surface area contributed by atoms with Crippen LogP contribution in [0, 0.1) is 0 Å². The first-order valence-corrected chi connectivity index (χ1v) is 16.0. The third-order valence-corrected chi connectivity index (χ3v) is 7.71. The Labute approximate surface area is 338 Å². The monoisotopic (exact) mass is 763 g/mol. The summed E-state index contributed by atoms with van der Waals surface area (Å²) in [6.07, 6.45) is 9.15. The van der Waals surface area contributed by atoms with Crippen LogP contribution in [0.1, 0.15) is 17.3 Å². The zero-order valence-electron chi connectivity index (χ0n) is 29.3. The predicted molar refractivity (Wildman–Crippen MR) is 196 cm³/mol. The van der Waals surface area contributed by atoms with Crippen molar-refractivity contribution >= 4 is 75.0 Å². The van der Waals surface area contributed by atoms with E-state index in [1.54, 1.807) is 31.2 Å². The number of aliphatic carboxylic acids is 1. The fourth-order valence-electron chi connectivity index (χ4n) is 4.77. The molecule has 0 saturated heterocycles. The summed E-state index contributed by atoms with van der Waals surface area (Å²) in [5.74, 6) is -4.81. The molecule has 1 aliphatic heterocycles. The van der Waals surface area contributed by atoms with Gasteiger partial charge in [-0.25, -0.2) is 10.9 Å². The van der Waals surface area contributed by atoms with Crippen LogP contribution in [0.2, 0.25) is 0 Å². The third-order valence-electron chi connectivity index (χ3n) is 7.71. The van der Waals surface area contributed by atoms with Crippen molar-refractivity contribution in [1.29, 1.82) is 0 Å². The smallest absolute Gasteiger partial charge is 0.545 e. The molecule has 1 heterocycles. The topological polar surface area (TPSA) is 280 Å². The van der Waals surface area contributed by atoms with E-state index in [1.807, 2.05) is 0 Å². The maximum absolute atomic E-state index is 12.8. The Morgan fingerprint density at radius 1 is 0.804 bits per heavy atom. The van der Waals surface area contributed by atoms with Crippen LogP contribution in [-0.4, -0.2) is 69.1 Å². The number of hydrogen-bond acceptors (Lipinski definition) is 17. The van der Waals surface area contributed by atoms with Gasteiger partial charge in [0, 0.05) is 34.7 Å². The Morgan fingerprint density at radius 2 is 1.50 bits per heavy atom. The summed E-state index contributed by atoms with van der Waals surface area (Å²) in [7, 11) is 0. The molecule has 4 aliphatic rings. The fraction of sp³-hybridized carbons (Fsp3) is 0.0556. The van der Waals surface area contributed by atoms with Crippen LogP contribution < -0.4 is 61.7 Å². The van der Waals surface area contributed by atoms with Crippen LogP contribution >= 0.6 is 0 Å². The van der Waals surface area contributed by atoms with E-state index >= 15 is 0 Å². The van der Waals surface area contributed by atoms with Gasteiger partial charge in [0.25, 0.3) is 11.8 Å². The summed E-state index contributed by atoms with van der Waals surface area (Å²) in [6.45, 7) is 1.71. The van der Waals surface area contributed by atoms with Crippen LogP contribution in [0.5, 0.6) is 0 Å². The number of carboxylic acid groups (broad SMARTS) is 1. The molecule has 0 spiro atoms. The SMILES string of the molecule is CC1=NNC(=O)C1NNc1ccc(NC(=O)c2ccc(N=NC3=CC(=NN=C4C=C(NN=C5C=CC(=O)C(C(=O)[O-])=C5)C=CC4=O)C(O)=CC3=O)cc2)cc1.[Na+]. The summed E-state index contributed by atoms with van der Waals surface area (Å²) in [4.78, 5) is 72.3. The van der Waals surface area contributed by atoms with E-state index in [0.717, 1.165) is 24.3 Å². The van der Waals surface area contributed by atoms with E-state index < -0.39 is 46.6 Å². The number of benzene rings is 2. The number of carbonyl (C=O) groups excluding carboxylic acids is 6. The van der Waals surface area contributed by atoms with Gasteiger partial charge in [-0.1, -0.05) is 0 Å². The number of aliphatic hydroxyl groups is 1. The zero-order chi connectivity index (χ0) is 39.1. The van der Waals surface area contributed by atoms with Crippen molar-refractivity contribution in [3.8, 4) is 0 Å². The van der Waals surface area contributed by atoms with E-state index in [-0.39, 0.29) is 64.0 Å². The van der Waals surface area contributed by atoms with E-state index in [2.05, 4.69) is 57.7 Å². The molecule has 0 bridgehead atoms. The average Bonchev–Trinajstić information content (AvgIpc) is 3.50. The maximum atomic E-state index is 12.8. The number of aliphatic hydroxyl groups excluding tert-OH is 1. The van der Waals surface area contributed by atoms with Crippen molar-refractivity contribution in [1.82, 2.24) is 16.3 Å². The summed E-state index contributed by atoms with van der Waals surface area (Å²) in [5, 5.41) is 47.8. The van der Waals surface area contributed by atoms with E-state index in [1.165, 1.54) is 48.6 Å². The minimum atomic E-state index is -1.65.